The van der Waals surface area contributed by atoms with Crippen LogP contribution in [-0.4, -0.2) is 41.6 Å². The van der Waals surface area contributed by atoms with E-state index in [1.165, 1.54) is 6.07 Å². The highest BCUT2D eigenvalue weighted by molar-refractivity contribution is 5.57. The Labute approximate surface area is 125 Å². The van der Waals surface area contributed by atoms with Crippen LogP contribution in [0.2, 0.25) is 0 Å². The fraction of sp³-hybridized carbons (Fsp3) is 0.625. The van der Waals surface area contributed by atoms with Crippen LogP contribution in [0.5, 0.6) is 0 Å². The summed E-state index contributed by atoms with van der Waals surface area (Å²) in [5.74, 6) is -0.319. The summed E-state index contributed by atoms with van der Waals surface area (Å²) in [4.78, 5) is 2.05. The van der Waals surface area contributed by atoms with Crippen molar-refractivity contribution >= 4 is 5.69 Å². The van der Waals surface area contributed by atoms with Crippen molar-refractivity contribution in [2.75, 3.05) is 24.6 Å². The summed E-state index contributed by atoms with van der Waals surface area (Å²) in [7, 11) is 0. The first-order valence-corrected chi connectivity index (χ1v) is 7.25. The van der Waals surface area contributed by atoms with Gasteiger partial charge in [-0.25, -0.2) is 4.39 Å². The first-order chi connectivity index (χ1) is 9.73. The zero-order chi connectivity index (χ0) is 15.8. The van der Waals surface area contributed by atoms with Gasteiger partial charge in [-0.2, -0.15) is 0 Å². The highest BCUT2D eigenvalue weighted by Gasteiger charge is 2.34. The maximum atomic E-state index is 13.8. The molecule has 4 nitrogen and oxygen atoms in total. The van der Waals surface area contributed by atoms with Crippen LogP contribution in [0, 0.1) is 12.7 Å². The number of aryl methyl sites for hydroxylation is 1. The predicted octanol–water partition coefficient (Wildman–Crippen LogP) is 2.16. The molecule has 0 amide bonds. The summed E-state index contributed by atoms with van der Waals surface area (Å²) >= 11 is 0. The van der Waals surface area contributed by atoms with E-state index >= 15 is 0 Å². The number of ether oxygens (including phenoxy) is 1. The second-order valence-corrected chi connectivity index (χ2v) is 6.40. The standard InChI is InChI=1S/C16H24FNO3/c1-10-5-15(13(11(2)20)6-14(10)17)18-7-12(8-19)21-16(3,4)9-18/h5-6,11-12,19-20H,7-9H2,1-4H3/t11-,12?/m1/s1. The molecule has 0 bridgehead atoms. The Bertz CT molecular complexity index is 516. The summed E-state index contributed by atoms with van der Waals surface area (Å²) in [6, 6.07) is 3.15. The smallest absolute Gasteiger partial charge is 0.126 e. The number of aliphatic hydroxyl groups excluding tert-OH is 2. The number of morpholine rings is 1. The van der Waals surface area contributed by atoms with Crippen molar-refractivity contribution in [3.63, 3.8) is 0 Å². The number of halogens is 1. The molecular formula is C16H24FNO3. The van der Waals surface area contributed by atoms with Crippen molar-refractivity contribution in [3.8, 4) is 0 Å². The Morgan fingerprint density at radius 2 is 2.14 bits per heavy atom. The number of anilines is 1. The molecule has 0 spiro atoms. The minimum Gasteiger partial charge on any atom is -0.394 e. The Balaban J connectivity index is 2.42. The van der Waals surface area contributed by atoms with E-state index in [1.807, 2.05) is 13.8 Å². The van der Waals surface area contributed by atoms with Gasteiger partial charge in [-0.3, -0.25) is 0 Å². The topological polar surface area (TPSA) is 52.9 Å². The van der Waals surface area contributed by atoms with Crippen LogP contribution in [0.1, 0.15) is 38.0 Å². The Hall–Kier alpha value is -1.17. The van der Waals surface area contributed by atoms with E-state index in [9.17, 15) is 14.6 Å². The number of benzene rings is 1. The molecule has 21 heavy (non-hydrogen) atoms. The summed E-state index contributed by atoms with van der Waals surface area (Å²) in [6.07, 6.45) is -1.05. The lowest BCUT2D eigenvalue weighted by Gasteiger charge is -2.44. The first kappa shape index (κ1) is 16.2. The van der Waals surface area contributed by atoms with Crippen LogP contribution in [0.25, 0.3) is 0 Å². The van der Waals surface area contributed by atoms with Gasteiger partial charge in [0.25, 0.3) is 0 Å². The molecule has 5 heteroatoms. The van der Waals surface area contributed by atoms with Crippen molar-refractivity contribution in [2.45, 2.75) is 45.5 Å². The highest BCUT2D eigenvalue weighted by Crippen LogP contribution is 2.33. The molecule has 2 rings (SSSR count). The molecule has 118 valence electrons. The van der Waals surface area contributed by atoms with Crippen LogP contribution in [-0.2, 0) is 4.74 Å². The number of rotatable bonds is 3. The van der Waals surface area contributed by atoms with Crippen molar-refractivity contribution < 1.29 is 19.3 Å². The van der Waals surface area contributed by atoms with Crippen LogP contribution in [0.3, 0.4) is 0 Å². The molecule has 0 aromatic heterocycles. The molecule has 1 fully saturated rings. The van der Waals surface area contributed by atoms with Gasteiger partial charge in [0.15, 0.2) is 0 Å². The van der Waals surface area contributed by atoms with Gasteiger partial charge in [0, 0.05) is 24.3 Å². The van der Waals surface area contributed by atoms with E-state index in [0.29, 0.717) is 24.2 Å². The van der Waals surface area contributed by atoms with E-state index in [-0.39, 0.29) is 18.5 Å². The van der Waals surface area contributed by atoms with Crippen LogP contribution in [0.15, 0.2) is 12.1 Å². The van der Waals surface area contributed by atoms with Gasteiger partial charge in [0.2, 0.25) is 0 Å². The average molecular weight is 297 g/mol. The second-order valence-electron chi connectivity index (χ2n) is 6.40. The lowest BCUT2D eigenvalue weighted by atomic mass is 9.99. The molecule has 1 aromatic rings. The van der Waals surface area contributed by atoms with Gasteiger partial charge >= 0.3 is 0 Å². The van der Waals surface area contributed by atoms with Crippen molar-refractivity contribution in [2.24, 2.45) is 0 Å². The van der Waals surface area contributed by atoms with Gasteiger partial charge in [-0.15, -0.1) is 0 Å². The quantitative estimate of drug-likeness (QED) is 0.898. The fourth-order valence-electron chi connectivity index (χ4n) is 2.86. The van der Waals surface area contributed by atoms with Gasteiger partial charge in [-0.1, -0.05) is 0 Å². The summed E-state index contributed by atoms with van der Waals surface area (Å²) in [6.45, 7) is 8.33. The van der Waals surface area contributed by atoms with Crippen molar-refractivity contribution in [3.05, 3.63) is 29.1 Å². The summed E-state index contributed by atoms with van der Waals surface area (Å²) < 4.78 is 19.6. The zero-order valence-corrected chi connectivity index (χ0v) is 13.1. The molecular weight excluding hydrogens is 273 g/mol. The molecule has 1 aliphatic rings. The minimum atomic E-state index is -0.756. The Kier molecular flexibility index (Phi) is 4.56. The van der Waals surface area contributed by atoms with E-state index in [4.69, 9.17) is 4.74 Å². The highest BCUT2D eigenvalue weighted by atomic mass is 19.1. The third-order valence-electron chi connectivity index (χ3n) is 3.78. The molecule has 1 saturated heterocycles. The molecule has 1 aromatic carbocycles. The molecule has 2 N–H and O–H groups in total. The Morgan fingerprint density at radius 1 is 1.48 bits per heavy atom. The van der Waals surface area contributed by atoms with Crippen LogP contribution < -0.4 is 4.90 Å². The maximum Gasteiger partial charge on any atom is 0.126 e. The third-order valence-corrected chi connectivity index (χ3v) is 3.78. The summed E-state index contributed by atoms with van der Waals surface area (Å²) in [5.41, 5.74) is 1.50. The molecule has 1 aliphatic heterocycles. The minimum absolute atomic E-state index is 0.0654. The predicted molar refractivity (Wildman–Crippen MR) is 80.0 cm³/mol. The average Bonchev–Trinajstić information content (AvgIpc) is 2.39. The monoisotopic (exact) mass is 297 g/mol. The van der Waals surface area contributed by atoms with Crippen LogP contribution >= 0.6 is 0 Å². The number of hydrogen-bond donors (Lipinski definition) is 2. The second kappa shape index (κ2) is 5.91. The van der Waals surface area contributed by atoms with Crippen molar-refractivity contribution in [1.29, 1.82) is 0 Å². The lowest BCUT2D eigenvalue weighted by molar-refractivity contribution is -0.101. The summed E-state index contributed by atoms with van der Waals surface area (Å²) in [5, 5.41) is 19.3. The zero-order valence-electron chi connectivity index (χ0n) is 13.1. The molecule has 0 radical (unpaired) electrons. The number of hydrogen-bond acceptors (Lipinski definition) is 4. The van der Waals surface area contributed by atoms with Crippen molar-refractivity contribution in [1.82, 2.24) is 0 Å². The first-order valence-electron chi connectivity index (χ1n) is 7.25. The van der Waals surface area contributed by atoms with E-state index < -0.39 is 11.7 Å². The maximum absolute atomic E-state index is 13.8. The Morgan fingerprint density at radius 3 is 2.71 bits per heavy atom. The number of nitrogens with zero attached hydrogens (tertiary/aromatic N) is 1. The molecule has 0 saturated carbocycles. The SMILES string of the molecule is Cc1cc(N2CC(CO)OC(C)(C)C2)c([C@@H](C)O)cc1F. The fourth-order valence-corrected chi connectivity index (χ4v) is 2.86. The van der Waals surface area contributed by atoms with E-state index in [2.05, 4.69) is 4.90 Å². The molecule has 1 heterocycles. The molecule has 2 atom stereocenters. The third kappa shape index (κ3) is 3.54. The van der Waals surface area contributed by atoms with Gasteiger partial charge in [0.1, 0.15) is 5.82 Å². The molecule has 0 aliphatic carbocycles. The van der Waals surface area contributed by atoms with Crippen LogP contribution in [0.4, 0.5) is 10.1 Å². The van der Waals surface area contributed by atoms with Gasteiger partial charge < -0.3 is 19.8 Å². The lowest BCUT2D eigenvalue weighted by Crippen LogP contribution is -2.54. The van der Waals surface area contributed by atoms with E-state index in [0.717, 1.165) is 5.69 Å². The number of aliphatic hydroxyl groups is 2. The van der Waals surface area contributed by atoms with Gasteiger partial charge in [-0.05, 0) is 45.4 Å². The normalized spacial score (nSPS) is 23.2. The van der Waals surface area contributed by atoms with E-state index in [1.54, 1.807) is 19.9 Å². The molecule has 1 unspecified atom stereocenters. The largest absolute Gasteiger partial charge is 0.394 e. The van der Waals surface area contributed by atoms with Gasteiger partial charge in [0.05, 0.1) is 24.4 Å².